The molecule has 0 aliphatic carbocycles. The zero-order chi connectivity index (χ0) is 14.5. The number of benzene rings is 2. The van der Waals surface area contributed by atoms with Crippen LogP contribution in [0.4, 0.5) is 14.5 Å². The number of rotatable bonds is 4. The first-order chi connectivity index (χ1) is 9.63. The summed E-state index contributed by atoms with van der Waals surface area (Å²) in [6, 6.07) is 10.5. The highest BCUT2D eigenvalue weighted by Gasteiger charge is 2.06. The molecule has 5 heteroatoms. The zero-order valence-corrected chi connectivity index (χ0v) is 10.8. The van der Waals surface area contributed by atoms with Crippen LogP contribution in [0.5, 0.6) is 5.75 Å². The molecule has 0 heterocycles. The third-order valence-electron chi connectivity index (χ3n) is 2.80. The molecule has 0 spiro atoms. The molecular weight excluding hydrogens is 262 g/mol. The Morgan fingerprint density at radius 3 is 2.55 bits per heavy atom. The molecule has 102 valence electrons. The molecule has 0 saturated heterocycles. The van der Waals surface area contributed by atoms with Crippen molar-refractivity contribution in [2.24, 2.45) is 0 Å². The third-order valence-corrected chi connectivity index (χ3v) is 2.80. The number of nitrogens with zero attached hydrogens (tertiary/aromatic N) is 1. The molecule has 0 aromatic heterocycles. The van der Waals surface area contributed by atoms with Crippen LogP contribution >= 0.6 is 0 Å². The van der Waals surface area contributed by atoms with Gasteiger partial charge in [0.25, 0.3) is 0 Å². The van der Waals surface area contributed by atoms with Crippen LogP contribution in [0.25, 0.3) is 0 Å². The van der Waals surface area contributed by atoms with Gasteiger partial charge in [-0.1, -0.05) is 6.07 Å². The second-order valence-corrected chi connectivity index (χ2v) is 4.13. The standard InChI is InChI=1S/C15H12F2N2O/c1-20-15-5-3-11(7-13(15)17)9-19-14-4-2-10(8-18)6-12(14)16/h2-7,19H,9H2,1H3. The smallest absolute Gasteiger partial charge is 0.165 e. The van der Waals surface area contributed by atoms with Crippen molar-refractivity contribution in [3.8, 4) is 11.8 Å². The summed E-state index contributed by atoms with van der Waals surface area (Å²) in [6.07, 6.45) is 0. The van der Waals surface area contributed by atoms with Gasteiger partial charge in [-0.05, 0) is 35.9 Å². The molecular formula is C15H12F2N2O. The van der Waals surface area contributed by atoms with Crippen molar-refractivity contribution >= 4 is 5.69 Å². The number of nitriles is 1. The quantitative estimate of drug-likeness (QED) is 0.928. The van der Waals surface area contributed by atoms with Gasteiger partial charge in [0, 0.05) is 6.54 Å². The number of nitrogens with one attached hydrogen (secondary N) is 1. The van der Waals surface area contributed by atoms with Crippen molar-refractivity contribution in [3.63, 3.8) is 0 Å². The van der Waals surface area contributed by atoms with E-state index >= 15 is 0 Å². The van der Waals surface area contributed by atoms with Crippen molar-refractivity contribution < 1.29 is 13.5 Å². The minimum absolute atomic E-state index is 0.165. The van der Waals surface area contributed by atoms with E-state index in [2.05, 4.69) is 5.32 Å². The maximum absolute atomic E-state index is 13.6. The molecule has 0 aliphatic heterocycles. The van der Waals surface area contributed by atoms with E-state index in [0.717, 1.165) is 6.07 Å². The first-order valence-corrected chi connectivity index (χ1v) is 5.90. The third kappa shape index (κ3) is 3.04. The summed E-state index contributed by atoms with van der Waals surface area (Å²) >= 11 is 0. The molecule has 1 N–H and O–H groups in total. The molecule has 2 aromatic carbocycles. The molecule has 0 saturated carbocycles. The highest BCUT2D eigenvalue weighted by Crippen LogP contribution is 2.20. The molecule has 2 aromatic rings. The van der Waals surface area contributed by atoms with Gasteiger partial charge in [0.2, 0.25) is 0 Å². The van der Waals surface area contributed by atoms with E-state index in [4.69, 9.17) is 10.00 Å². The van der Waals surface area contributed by atoms with Gasteiger partial charge in [0.15, 0.2) is 11.6 Å². The van der Waals surface area contributed by atoms with E-state index in [1.807, 2.05) is 6.07 Å². The molecule has 0 bridgehead atoms. The summed E-state index contributed by atoms with van der Waals surface area (Å²) in [5, 5.41) is 11.5. The van der Waals surface area contributed by atoms with Crippen LogP contribution in [0.3, 0.4) is 0 Å². The van der Waals surface area contributed by atoms with Crippen LogP contribution in [-0.2, 0) is 6.54 Å². The molecule has 0 fully saturated rings. The minimum atomic E-state index is -0.516. The Morgan fingerprint density at radius 1 is 1.15 bits per heavy atom. The van der Waals surface area contributed by atoms with Crippen LogP contribution in [0.15, 0.2) is 36.4 Å². The van der Waals surface area contributed by atoms with E-state index in [0.29, 0.717) is 5.56 Å². The molecule has 2 rings (SSSR count). The molecule has 0 unspecified atom stereocenters. The molecule has 0 amide bonds. The van der Waals surface area contributed by atoms with Gasteiger partial charge in [0.1, 0.15) is 5.82 Å². The summed E-state index contributed by atoms with van der Waals surface area (Å²) in [6.45, 7) is 0.268. The Hall–Kier alpha value is -2.61. The van der Waals surface area contributed by atoms with Gasteiger partial charge in [-0.25, -0.2) is 8.78 Å². The monoisotopic (exact) mass is 274 g/mol. The fourth-order valence-corrected chi connectivity index (χ4v) is 1.75. The lowest BCUT2D eigenvalue weighted by Crippen LogP contribution is -2.02. The van der Waals surface area contributed by atoms with E-state index in [1.54, 1.807) is 6.07 Å². The summed E-state index contributed by atoms with van der Waals surface area (Å²) < 4.78 is 31.9. The summed E-state index contributed by atoms with van der Waals surface area (Å²) in [4.78, 5) is 0. The lowest BCUT2D eigenvalue weighted by molar-refractivity contribution is 0.386. The van der Waals surface area contributed by atoms with Crippen LogP contribution in [0.1, 0.15) is 11.1 Å². The zero-order valence-electron chi connectivity index (χ0n) is 10.8. The highest BCUT2D eigenvalue weighted by molar-refractivity contribution is 5.49. The van der Waals surface area contributed by atoms with Crippen LogP contribution < -0.4 is 10.1 Å². The van der Waals surface area contributed by atoms with Gasteiger partial charge >= 0.3 is 0 Å². The largest absolute Gasteiger partial charge is 0.494 e. The maximum Gasteiger partial charge on any atom is 0.165 e. The van der Waals surface area contributed by atoms with Crippen molar-refractivity contribution in [1.82, 2.24) is 0 Å². The number of anilines is 1. The Kier molecular flexibility index (Phi) is 4.16. The van der Waals surface area contributed by atoms with Gasteiger partial charge < -0.3 is 10.1 Å². The number of hydrogen-bond acceptors (Lipinski definition) is 3. The Labute approximate surface area is 115 Å². The topological polar surface area (TPSA) is 45.0 Å². The SMILES string of the molecule is COc1ccc(CNc2ccc(C#N)cc2F)cc1F. The maximum atomic E-state index is 13.6. The summed E-state index contributed by atoms with van der Waals surface area (Å²) in [7, 11) is 1.39. The Morgan fingerprint density at radius 2 is 1.95 bits per heavy atom. The first kappa shape index (κ1) is 13.8. The molecule has 0 radical (unpaired) electrons. The van der Waals surface area contributed by atoms with Gasteiger partial charge in [-0.2, -0.15) is 5.26 Å². The second kappa shape index (κ2) is 6.02. The fraction of sp³-hybridized carbons (Fsp3) is 0.133. The van der Waals surface area contributed by atoms with E-state index in [9.17, 15) is 8.78 Å². The van der Waals surface area contributed by atoms with Crippen molar-refractivity contribution in [1.29, 1.82) is 5.26 Å². The first-order valence-electron chi connectivity index (χ1n) is 5.90. The van der Waals surface area contributed by atoms with Gasteiger partial charge in [0.05, 0.1) is 24.4 Å². The van der Waals surface area contributed by atoms with Crippen LogP contribution in [-0.4, -0.2) is 7.11 Å². The van der Waals surface area contributed by atoms with Crippen molar-refractivity contribution in [3.05, 3.63) is 59.2 Å². The highest BCUT2D eigenvalue weighted by atomic mass is 19.1. The Bertz CT molecular complexity index is 665. The number of ether oxygens (including phenoxy) is 1. The molecule has 0 aliphatic rings. The van der Waals surface area contributed by atoms with Crippen LogP contribution in [0.2, 0.25) is 0 Å². The minimum Gasteiger partial charge on any atom is -0.494 e. The predicted octanol–water partition coefficient (Wildman–Crippen LogP) is 3.46. The predicted molar refractivity (Wildman–Crippen MR) is 71.4 cm³/mol. The van der Waals surface area contributed by atoms with E-state index < -0.39 is 11.6 Å². The molecule has 0 atom stereocenters. The van der Waals surface area contributed by atoms with E-state index in [-0.39, 0.29) is 23.5 Å². The lowest BCUT2D eigenvalue weighted by atomic mass is 10.2. The lowest BCUT2D eigenvalue weighted by Gasteiger charge is -2.09. The summed E-state index contributed by atoms with van der Waals surface area (Å²) in [5.74, 6) is -0.816. The second-order valence-electron chi connectivity index (χ2n) is 4.13. The normalized spacial score (nSPS) is 9.90. The van der Waals surface area contributed by atoms with Crippen molar-refractivity contribution in [2.45, 2.75) is 6.54 Å². The molecule has 20 heavy (non-hydrogen) atoms. The van der Waals surface area contributed by atoms with Gasteiger partial charge in [-0.15, -0.1) is 0 Å². The summed E-state index contributed by atoms with van der Waals surface area (Å²) in [5.41, 5.74) is 1.18. The Balaban J connectivity index is 2.09. The number of hydrogen-bond donors (Lipinski definition) is 1. The molecule has 3 nitrogen and oxygen atoms in total. The fourth-order valence-electron chi connectivity index (χ4n) is 1.75. The average Bonchev–Trinajstić information content (AvgIpc) is 2.46. The average molecular weight is 274 g/mol. The van der Waals surface area contributed by atoms with Crippen LogP contribution in [0, 0.1) is 23.0 Å². The van der Waals surface area contributed by atoms with Crippen molar-refractivity contribution in [2.75, 3.05) is 12.4 Å². The van der Waals surface area contributed by atoms with E-state index in [1.165, 1.54) is 31.4 Å². The van der Waals surface area contributed by atoms with Gasteiger partial charge in [-0.3, -0.25) is 0 Å². The number of halogens is 2. The number of methoxy groups -OCH3 is 1.